The molecule has 2 nitrogen and oxygen atoms in total. The van der Waals surface area contributed by atoms with Gasteiger partial charge in [0.1, 0.15) is 0 Å². The zero-order valence-electron chi connectivity index (χ0n) is 13.0. The summed E-state index contributed by atoms with van der Waals surface area (Å²) in [6.45, 7) is 9.78. The lowest BCUT2D eigenvalue weighted by atomic mass is 9.91. The van der Waals surface area contributed by atoms with Crippen LogP contribution >= 0.6 is 15.9 Å². The van der Waals surface area contributed by atoms with Gasteiger partial charge in [0.15, 0.2) is 0 Å². The number of halogens is 1. The van der Waals surface area contributed by atoms with Gasteiger partial charge < -0.3 is 5.73 Å². The maximum Gasteiger partial charge on any atom is 0.0354 e. The van der Waals surface area contributed by atoms with Crippen LogP contribution in [0.4, 0.5) is 0 Å². The molecule has 0 heterocycles. The minimum absolute atomic E-state index is 0.184. The van der Waals surface area contributed by atoms with E-state index in [2.05, 4.69) is 59.8 Å². The Morgan fingerprint density at radius 2 is 2.15 bits per heavy atom. The first-order chi connectivity index (χ1) is 9.48. The van der Waals surface area contributed by atoms with Gasteiger partial charge in [0.2, 0.25) is 0 Å². The fraction of sp³-hybridized carbons (Fsp3) is 0.647. The molecule has 0 saturated carbocycles. The number of benzene rings is 1. The largest absolute Gasteiger partial charge is 0.330 e. The van der Waals surface area contributed by atoms with E-state index in [0.29, 0.717) is 6.04 Å². The lowest BCUT2D eigenvalue weighted by molar-refractivity contribution is 0.132. The maximum absolute atomic E-state index is 5.93. The molecule has 1 aromatic rings. The molecule has 1 aromatic carbocycles. The van der Waals surface area contributed by atoms with Crippen molar-refractivity contribution >= 4 is 15.9 Å². The van der Waals surface area contributed by atoms with Crippen LogP contribution in [0.25, 0.3) is 0 Å². The van der Waals surface area contributed by atoms with Crippen molar-refractivity contribution in [3.8, 4) is 0 Å². The number of nitrogens with zero attached hydrogens (tertiary/aromatic N) is 1. The van der Waals surface area contributed by atoms with Crippen LogP contribution in [0.5, 0.6) is 0 Å². The van der Waals surface area contributed by atoms with Crippen LogP contribution in [0.2, 0.25) is 0 Å². The monoisotopic (exact) mass is 338 g/mol. The highest BCUT2D eigenvalue weighted by atomic mass is 79.9. The molecule has 3 heteroatoms. The molecule has 0 aromatic heterocycles. The van der Waals surface area contributed by atoms with Crippen LogP contribution in [0.15, 0.2) is 22.7 Å². The molecule has 0 spiro atoms. The van der Waals surface area contributed by atoms with Crippen LogP contribution in [-0.4, -0.2) is 24.5 Å². The zero-order valence-corrected chi connectivity index (χ0v) is 14.5. The van der Waals surface area contributed by atoms with Gasteiger partial charge in [-0.05, 0) is 55.0 Å². The Morgan fingerprint density at radius 3 is 2.80 bits per heavy atom. The molecular weight excluding hydrogens is 312 g/mol. The van der Waals surface area contributed by atoms with Crippen molar-refractivity contribution in [3.63, 3.8) is 0 Å². The molecule has 1 atom stereocenters. The number of nitrogens with two attached hydrogens (primary N) is 1. The van der Waals surface area contributed by atoms with E-state index in [4.69, 9.17) is 5.73 Å². The zero-order chi connectivity index (χ0) is 14.8. The lowest BCUT2D eigenvalue weighted by Crippen LogP contribution is -2.40. The van der Waals surface area contributed by atoms with Crippen molar-refractivity contribution in [3.05, 3.63) is 33.8 Å². The Balaban J connectivity index is 2.22. The summed E-state index contributed by atoms with van der Waals surface area (Å²) in [6, 6.07) is 7.19. The standard InChI is InChI=1S/C17H27BrN2/c1-4-10-20(12-17(2,3)11-19)16-9-8-13-14(16)6-5-7-15(13)18/h5-7,16H,4,8-12,19H2,1-3H3. The topological polar surface area (TPSA) is 29.3 Å². The van der Waals surface area contributed by atoms with Crippen molar-refractivity contribution in [2.75, 3.05) is 19.6 Å². The van der Waals surface area contributed by atoms with Gasteiger partial charge in [0, 0.05) is 17.1 Å². The van der Waals surface area contributed by atoms with Crippen LogP contribution in [0.1, 0.15) is 50.8 Å². The summed E-state index contributed by atoms with van der Waals surface area (Å²) in [5.41, 5.74) is 9.14. The molecule has 1 unspecified atom stereocenters. The average Bonchev–Trinajstić information content (AvgIpc) is 2.83. The summed E-state index contributed by atoms with van der Waals surface area (Å²) in [5.74, 6) is 0. The van der Waals surface area contributed by atoms with Gasteiger partial charge in [0.05, 0.1) is 0 Å². The second-order valence-corrected chi connectivity index (χ2v) is 7.56. The Labute approximate surface area is 131 Å². The molecule has 0 bridgehead atoms. The number of fused-ring (bicyclic) bond motifs is 1. The van der Waals surface area contributed by atoms with Crippen molar-refractivity contribution in [1.29, 1.82) is 0 Å². The van der Waals surface area contributed by atoms with Crippen molar-refractivity contribution in [2.24, 2.45) is 11.1 Å². The lowest BCUT2D eigenvalue weighted by Gasteiger charge is -2.36. The summed E-state index contributed by atoms with van der Waals surface area (Å²) in [4.78, 5) is 2.64. The highest BCUT2D eigenvalue weighted by Crippen LogP contribution is 2.40. The van der Waals surface area contributed by atoms with Gasteiger partial charge in [-0.3, -0.25) is 4.90 Å². The van der Waals surface area contributed by atoms with E-state index in [1.54, 1.807) is 0 Å². The van der Waals surface area contributed by atoms with Gasteiger partial charge in [0.25, 0.3) is 0 Å². The molecule has 0 amide bonds. The normalized spacial score (nSPS) is 18.6. The molecular formula is C17H27BrN2. The van der Waals surface area contributed by atoms with Crippen molar-refractivity contribution in [2.45, 2.75) is 46.1 Å². The fourth-order valence-electron chi connectivity index (χ4n) is 3.21. The van der Waals surface area contributed by atoms with E-state index in [-0.39, 0.29) is 5.41 Å². The second-order valence-electron chi connectivity index (χ2n) is 6.70. The molecule has 2 rings (SSSR count). The van der Waals surface area contributed by atoms with Crippen LogP contribution in [-0.2, 0) is 6.42 Å². The highest BCUT2D eigenvalue weighted by Gasteiger charge is 2.31. The number of rotatable bonds is 6. The number of hydrogen-bond acceptors (Lipinski definition) is 2. The Hall–Kier alpha value is -0.380. The Morgan fingerprint density at radius 1 is 1.40 bits per heavy atom. The summed E-state index contributed by atoms with van der Waals surface area (Å²) in [5, 5.41) is 0. The first-order valence-corrected chi connectivity index (χ1v) is 8.49. The molecule has 1 aliphatic rings. The molecule has 1 aliphatic carbocycles. The first kappa shape index (κ1) is 16.0. The predicted molar refractivity (Wildman–Crippen MR) is 89.9 cm³/mol. The van der Waals surface area contributed by atoms with E-state index < -0.39 is 0 Å². The van der Waals surface area contributed by atoms with Crippen LogP contribution in [0.3, 0.4) is 0 Å². The summed E-state index contributed by atoms with van der Waals surface area (Å²) >= 11 is 3.70. The quantitative estimate of drug-likeness (QED) is 0.844. The summed E-state index contributed by atoms with van der Waals surface area (Å²) in [6.07, 6.45) is 3.61. The van der Waals surface area contributed by atoms with Gasteiger partial charge in [-0.15, -0.1) is 0 Å². The average molecular weight is 339 g/mol. The third-order valence-electron chi connectivity index (χ3n) is 4.32. The minimum atomic E-state index is 0.184. The molecule has 0 saturated heterocycles. The third kappa shape index (κ3) is 3.44. The molecule has 0 fully saturated rings. The summed E-state index contributed by atoms with van der Waals surface area (Å²) < 4.78 is 1.27. The Kier molecular flexibility index (Phi) is 5.27. The van der Waals surface area contributed by atoms with E-state index >= 15 is 0 Å². The Bertz CT molecular complexity index is 456. The van der Waals surface area contributed by atoms with Crippen LogP contribution < -0.4 is 5.73 Å². The summed E-state index contributed by atoms with van der Waals surface area (Å²) in [7, 11) is 0. The molecule has 0 radical (unpaired) electrons. The fourth-order valence-corrected chi connectivity index (χ4v) is 3.79. The molecule has 2 N–H and O–H groups in total. The first-order valence-electron chi connectivity index (χ1n) is 7.70. The van der Waals surface area contributed by atoms with Crippen molar-refractivity contribution in [1.82, 2.24) is 4.90 Å². The van der Waals surface area contributed by atoms with Gasteiger partial charge in [-0.25, -0.2) is 0 Å². The van der Waals surface area contributed by atoms with Crippen LogP contribution in [0, 0.1) is 5.41 Å². The molecule has 112 valence electrons. The highest BCUT2D eigenvalue weighted by molar-refractivity contribution is 9.10. The number of hydrogen-bond donors (Lipinski definition) is 1. The van der Waals surface area contributed by atoms with E-state index in [9.17, 15) is 0 Å². The second kappa shape index (κ2) is 6.59. The van der Waals surface area contributed by atoms with Crippen molar-refractivity contribution < 1.29 is 0 Å². The molecule has 20 heavy (non-hydrogen) atoms. The minimum Gasteiger partial charge on any atom is -0.330 e. The van der Waals surface area contributed by atoms with E-state index in [1.807, 2.05) is 0 Å². The smallest absolute Gasteiger partial charge is 0.0354 e. The van der Waals surface area contributed by atoms with Gasteiger partial charge in [-0.2, -0.15) is 0 Å². The van der Waals surface area contributed by atoms with Gasteiger partial charge in [-0.1, -0.05) is 48.8 Å². The predicted octanol–water partition coefficient (Wildman–Crippen LogP) is 4.13. The van der Waals surface area contributed by atoms with Gasteiger partial charge >= 0.3 is 0 Å². The SMILES string of the molecule is CCCN(CC(C)(C)CN)C1CCc2c(Br)cccc21. The van der Waals surface area contributed by atoms with E-state index in [1.165, 1.54) is 34.9 Å². The molecule has 0 aliphatic heterocycles. The third-order valence-corrected chi connectivity index (χ3v) is 5.06. The van der Waals surface area contributed by atoms with E-state index in [0.717, 1.165) is 19.6 Å². The maximum atomic E-state index is 5.93.